The largest absolute Gasteiger partial charge is 0.399 e. The van der Waals surface area contributed by atoms with E-state index in [1.165, 1.54) is 0 Å². The van der Waals surface area contributed by atoms with Gasteiger partial charge in [0.15, 0.2) is 0 Å². The fourth-order valence-electron chi connectivity index (χ4n) is 1.57. The molecule has 2 aromatic heterocycles. The molecule has 0 bridgehead atoms. The van der Waals surface area contributed by atoms with Gasteiger partial charge < -0.3 is 9.73 Å². The van der Waals surface area contributed by atoms with Gasteiger partial charge in [0.1, 0.15) is 0 Å². The average molecular weight is 259 g/mol. The Morgan fingerprint density at radius 2 is 2.26 bits per heavy atom. The van der Waals surface area contributed by atoms with Gasteiger partial charge in [-0.15, -0.1) is 5.10 Å². The highest BCUT2D eigenvalue weighted by Gasteiger charge is 2.13. The molecule has 0 unspecified atom stereocenters. The first kappa shape index (κ1) is 11.2. The van der Waals surface area contributed by atoms with Crippen molar-refractivity contribution >= 4 is 28.5 Å². The van der Waals surface area contributed by atoms with Crippen LogP contribution in [0, 0.1) is 0 Å². The Hall–Kier alpha value is -2.94. The number of nitrogens with two attached hydrogens (primary N) is 1. The van der Waals surface area contributed by atoms with Gasteiger partial charge in [0, 0.05) is 11.1 Å². The highest BCUT2D eigenvalue weighted by Crippen LogP contribution is 2.20. The van der Waals surface area contributed by atoms with Gasteiger partial charge in [0.05, 0.1) is 11.7 Å². The molecule has 0 aliphatic carbocycles. The fraction of sp³-hybridized carbons (Fsp3) is 0. The monoisotopic (exact) mass is 259 g/mol. The molecular weight excluding hydrogens is 250 g/mol. The Kier molecular flexibility index (Phi) is 2.58. The maximum absolute atomic E-state index is 11.1. The maximum Gasteiger partial charge on any atom is 0.322 e. The van der Waals surface area contributed by atoms with Gasteiger partial charge in [-0.05, 0) is 18.2 Å². The lowest BCUT2D eigenvalue weighted by Crippen LogP contribution is -2.30. The molecule has 1 aromatic carbocycles. The number of hydrogen-bond donors (Lipinski definition) is 4. The lowest BCUT2D eigenvalue weighted by Gasteiger charge is -2.00. The summed E-state index contributed by atoms with van der Waals surface area (Å²) in [6, 6.07) is 5.62. The van der Waals surface area contributed by atoms with E-state index in [2.05, 4.69) is 25.7 Å². The van der Waals surface area contributed by atoms with Gasteiger partial charge in [-0.1, -0.05) is 5.10 Å². The number of rotatable bonds is 3. The third-order valence-electron chi connectivity index (χ3n) is 2.44. The Balaban J connectivity index is 1.83. The molecule has 0 aliphatic rings. The van der Waals surface area contributed by atoms with Crippen molar-refractivity contribution in [2.75, 3.05) is 5.32 Å². The van der Waals surface area contributed by atoms with Crippen LogP contribution in [0.15, 0.2) is 28.8 Å². The smallest absolute Gasteiger partial charge is 0.322 e. The zero-order chi connectivity index (χ0) is 13.2. The molecule has 2 heterocycles. The Morgan fingerprint density at radius 3 is 3.11 bits per heavy atom. The molecule has 5 N–H and O–H groups in total. The summed E-state index contributed by atoms with van der Waals surface area (Å²) < 4.78 is 5.08. The maximum atomic E-state index is 11.1. The highest BCUT2D eigenvalue weighted by atomic mass is 16.4. The number of carbonyl (C=O) groups is 1. The number of fused-ring (bicyclic) bond motifs is 1. The number of anilines is 2. The molecule has 3 rings (SSSR count). The van der Waals surface area contributed by atoms with E-state index >= 15 is 0 Å². The van der Waals surface area contributed by atoms with Crippen LogP contribution in [0.1, 0.15) is 10.7 Å². The first-order chi connectivity index (χ1) is 9.26. The minimum absolute atomic E-state index is 0.0986. The number of aromatic nitrogens is 4. The van der Waals surface area contributed by atoms with Crippen LogP contribution >= 0.6 is 0 Å². The van der Waals surface area contributed by atoms with Crippen LogP contribution in [-0.4, -0.2) is 26.3 Å². The molecule has 0 atom stereocenters. The fourth-order valence-corrected chi connectivity index (χ4v) is 1.57. The van der Waals surface area contributed by atoms with E-state index in [-0.39, 0.29) is 11.9 Å². The van der Waals surface area contributed by atoms with Crippen molar-refractivity contribution in [3.8, 4) is 0 Å². The number of nitrogen functional groups attached to an aromatic ring is 1. The van der Waals surface area contributed by atoms with E-state index in [1.807, 2.05) is 23.6 Å². The molecule has 0 fully saturated rings. The molecule has 9 heteroatoms. The van der Waals surface area contributed by atoms with Crippen LogP contribution in [0.4, 0.5) is 11.7 Å². The van der Waals surface area contributed by atoms with Gasteiger partial charge in [-0.25, -0.2) is 5.84 Å². The number of nitrogens with one attached hydrogen (secondary N) is 3. The number of amides is 1. The first-order valence-corrected chi connectivity index (χ1v) is 5.31. The molecule has 19 heavy (non-hydrogen) atoms. The number of nitrogens with zero attached hydrogens (tertiary/aromatic N) is 3. The number of hydrogen-bond acceptors (Lipinski definition) is 7. The second-order valence-electron chi connectivity index (χ2n) is 3.68. The van der Waals surface area contributed by atoms with Crippen molar-refractivity contribution in [2.45, 2.75) is 0 Å². The van der Waals surface area contributed by atoms with Crippen molar-refractivity contribution in [3.05, 3.63) is 30.3 Å². The summed E-state index contributed by atoms with van der Waals surface area (Å²) in [5.41, 5.74) is 3.55. The molecule has 0 spiro atoms. The molecule has 0 radical (unpaired) electrons. The van der Waals surface area contributed by atoms with Gasteiger partial charge in [-0.2, -0.15) is 5.10 Å². The average Bonchev–Trinajstić information content (AvgIpc) is 3.06. The van der Waals surface area contributed by atoms with E-state index in [0.29, 0.717) is 0 Å². The van der Waals surface area contributed by atoms with E-state index in [1.54, 1.807) is 6.20 Å². The molecular formula is C10H9N7O2. The summed E-state index contributed by atoms with van der Waals surface area (Å²) in [5, 5.41) is 17.8. The van der Waals surface area contributed by atoms with Crippen molar-refractivity contribution < 1.29 is 9.21 Å². The molecule has 3 aromatic rings. The second kappa shape index (κ2) is 4.38. The van der Waals surface area contributed by atoms with E-state index in [0.717, 1.165) is 16.6 Å². The van der Waals surface area contributed by atoms with Crippen LogP contribution < -0.4 is 16.6 Å². The van der Waals surface area contributed by atoms with Crippen molar-refractivity contribution in [3.63, 3.8) is 0 Å². The quantitative estimate of drug-likeness (QED) is 0.301. The predicted octanol–water partition coefficient (Wildman–Crippen LogP) is 0.293. The molecule has 0 saturated heterocycles. The topological polar surface area (TPSA) is 135 Å². The van der Waals surface area contributed by atoms with E-state index < -0.39 is 5.91 Å². The highest BCUT2D eigenvalue weighted by molar-refractivity contribution is 5.89. The van der Waals surface area contributed by atoms with Crippen LogP contribution in [0.3, 0.4) is 0 Å². The molecule has 0 saturated carbocycles. The minimum Gasteiger partial charge on any atom is -0.399 e. The van der Waals surface area contributed by atoms with E-state index in [9.17, 15) is 4.79 Å². The molecule has 1 amide bonds. The summed E-state index contributed by atoms with van der Waals surface area (Å²) >= 11 is 0. The third kappa shape index (κ3) is 2.09. The summed E-state index contributed by atoms with van der Waals surface area (Å²) in [5.74, 6) is 4.10. The normalized spacial score (nSPS) is 10.6. The first-order valence-electron chi connectivity index (χ1n) is 5.31. The number of benzene rings is 1. The van der Waals surface area contributed by atoms with E-state index in [4.69, 9.17) is 10.3 Å². The van der Waals surface area contributed by atoms with Crippen LogP contribution in [0.25, 0.3) is 10.9 Å². The number of hydrazine groups is 1. The van der Waals surface area contributed by atoms with Crippen molar-refractivity contribution in [1.82, 2.24) is 25.8 Å². The summed E-state index contributed by atoms with van der Waals surface area (Å²) in [7, 11) is 0. The summed E-state index contributed by atoms with van der Waals surface area (Å²) in [4.78, 5) is 11.1. The van der Waals surface area contributed by atoms with Crippen LogP contribution in [0.5, 0.6) is 0 Å². The lowest BCUT2D eigenvalue weighted by atomic mass is 10.2. The number of aromatic amines is 1. The minimum atomic E-state index is -0.647. The van der Waals surface area contributed by atoms with Crippen molar-refractivity contribution in [1.29, 1.82) is 0 Å². The number of carbonyl (C=O) groups excluding carboxylic acids is 1. The van der Waals surface area contributed by atoms with Crippen molar-refractivity contribution in [2.24, 2.45) is 5.84 Å². The third-order valence-corrected chi connectivity index (χ3v) is 2.44. The van der Waals surface area contributed by atoms with Gasteiger partial charge >= 0.3 is 17.8 Å². The SMILES string of the molecule is NNC(=O)c1nnc(Nc2ccc3[nH]ncc3c2)o1. The van der Waals surface area contributed by atoms with Crippen LogP contribution in [0.2, 0.25) is 0 Å². The Labute approximate surface area is 106 Å². The molecule has 96 valence electrons. The standard InChI is InChI=1S/C10H9N7O2/c11-14-8(18)9-16-17-10(19-9)13-6-1-2-7-5(3-6)4-12-15-7/h1-4H,11H2,(H,12,15)(H,13,17)(H,14,18). The van der Waals surface area contributed by atoms with Gasteiger partial charge in [0.25, 0.3) is 0 Å². The van der Waals surface area contributed by atoms with Gasteiger partial charge in [0.2, 0.25) is 0 Å². The lowest BCUT2D eigenvalue weighted by molar-refractivity contribution is 0.0920. The molecule has 0 aliphatic heterocycles. The summed E-state index contributed by atoms with van der Waals surface area (Å²) in [6.45, 7) is 0. The van der Waals surface area contributed by atoms with Gasteiger partial charge in [-0.3, -0.25) is 15.3 Å². The zero-order valence-electron chi connectivity index (χ0n) is 9.54. The second-order valence-corrected chi connectivity index (χ2v) is 3.68. The molecule has 9 nitrogen and oxygen atoms in total. The predicted molar refractivity (Wildman–Crippen MR) is 65.3 cm³/mol. The summed E-state index contributed by atoms with van der Waals surface area (Å²) in [6.07, 6.45) is 1.70. The Bertz CT molecular complexity index is 732. The Morgan fingerprint density at radius 1 is 1.37 bits per heavy atom. The van der Waals surface area contributed by atoms with Crippen LogP contribution in [-0.2, 0) is 0 Å². The number of H-pyrrole nitrogens is 1. The zero-order valence-corrected chi connectivity index (χ0v) is 9.54.